The first-order valence-electron chi connectivity index (χ1n) is 10.7. The Balaban J connectivity index is 2.11. The van der Waals surface area contributed by atoms with Gasteiger partial charge in [0.25, 0.3) is 0 Å². The zero-order chi connectivity index (χ0) is 22.1. The minimum absolute atomic E-state index is 0.0450. The quantitative estimate of drug-likeness (QED) is 0.484. The lowest BCUT2D eigenvalue weighted by atomic mass is 10.1. The van der Waals surface area contributed by atoms with E-state index in [4.69, 9.17) is 4.99 Å². The highest BCUT2D eigenvalue weighted by Crippen LogP contribution is 2.19. The smallest absolute Gasteiger partial charge is 0.224 e. The molecule has 7 nitrogen and oxygen atoms in total. The second-order valence-corrected chi connectivity index (χ2v) is 7.89. The lowest BCUT2D eigenvalue weighted by Crippen LogP contribution is -2.38. The van der Waals surface area contributed by atoms with E-state index < -0.39 is 0 Å². The van der Waals surface area contributed by atoms with Crippen LogP contribution in [0.2, 0.25) is 0 Å². The lowest BCUT2D eigenvalue weighted by Gasteiger charge is -2.22. The molecule has 0 aliphatic rings. The maximum Gasteiger partial charge on any atom is 0.224 e. The molecule has 0 fully saturated rings. The number of carbonyl (C=O) groups excluding carboxylic acids is 1. The summed E-state index contributed by atoms with van der Waals surface area (Å²) >= 11 is 0. The van der Waals surface area contributed by atoms with Gasteiger partial charge in [-0.3, -0.25) is 9.48 Å². The van der Waals surface area contributed by atoms with Crippen molar-refractivity contribution in [2.24, 2.45) is 12.0 Å². The Hall–Kier alpha value is -2.83. The molecule has 2 aromatic rings. The highest BCUT2D eigenvalue weighted by molar-refractivity contribution is 5.90. The van der Waals surface area contributed by atoms with Crippen LogP contribution in [0.5, 0.6) is 0 Å². The number of guanidine groups is 1. The maximum atomic E-state index is 11.9. The molecule has 2 rings (SSSR count). The molecule has 1 aromatic heterocycles. The largest absolute Gasteiger partial charge is 0.357 e. The number of aliphatic imine (C=N–C) groups is 1. The number of anilines is 1. The normalized spacial score (nSPS) is 11.6. The van der Waals surface area contributed by atoms with Gasteiger partial charge in [0.05, 0.1) is 12.2 Å². The van der Waals surface area contributed by atoms with Crippen LogP contribution in [0.25, 0.3) is 0 Å². The van der Waals surface area contributed by atoms with Gasteiger partial charge in [0.2, 0.25) is 5.91 Å². The summed E-state index contributed by atoms with van der Waals surface area (Å²) in [4.78, 5) is 18.8. The van der Waals surface area contributed by atoms with Crippen molar-refractivity contribution in [3.8, 4) is 0 Å². The number of carbonyl (C=O) groups is 1. The minimum Gasteiger partial charge on any atom is -0.357 e. The fourth-order valence-electron chi connectivity index (χ4n) is 3.33. The summed E-state index contributed by atoms with van der Waals surface area (Å²) < 4.78 is 1.88. The number of hydrogen-bond acceptors (Lipinski definition) is 3. The number of rotatable bonds is 9. The van der Waals surface area contributed by atoms with Crippen LogP contribution in [-0.4, -0.2) is 40.1 Å². The van der Waals surface area contributed by atoms with Crippen LogP contribution in [0.15, 0.2) is 35.5 Å². The SMILES string of the molecule is CCCC(=O)Nc1cccc(CN=C(NCC)N(C)Cc2cn(C)nc2C(C)C)c1. The topological polar surface area (TPSA) is 74.6 Å². The van der Waals surface area contributed by atoms with Gasteiger partial charge < -0.3 is 15.5 Å². The fraction of sp³-hybridized carbons (Fsp3) is 0.522. The Kier molecular flexibility index (Phi) is 8.89. The molecule has 0 unspecified atom stereocenters. The molecule has 0 saturated carbocycles. The predicted octanol–water partition coefficient (Wildman–Crippen LogP) is 3.88. The van der Waals surface area contributed by atoms with E-state index in [1.807, 2.05) is 50.0 Å². The van der Waals surface area contributed by atoms with Gasteiger partial charge in [-0.25, -0.2) is 4.99 Å². The van der Waals surface area contributed by atoms with Gasteiger partial charge in [0.1, 0.15) is 0 Å². The summed E-state index contributed by atoms with van der Waals surface area (Å²) in [5.41, 5.74) is 4.20. The van der Waals surface area contributed by atoms with Crippen molar-refractivity contribution in [1.29, 1.82) is 0 Å². The first-order valence-corrected chi connectivity index (χ1v) is 10.7. The van der Waals surface area contributed by atoms with Gasteiger partial charge in [-0.05, 0) is 37.0 Å². The zero-order valence-corrected chi connectivity index (χ0v) is 19.2. The number of aromatic nitrogens is 2. The third-order valence-electron chi connectivity index (χ3n) is 4.69. The number of amides is 1. The van der Waals surface area contributed by atoms with Crippen LogP contribution in [0.1, 0.15) is 63.3 Å². The Bertz CT molecular complexity index is 855. The van der Waals surface area contributed by atoms with Crippen molar-refractivity contribution in [2.45, 2.75) is 59.5 Å². The van der Waals surface area contributed by atoms with Crippen LogP contribution in [0, 0.1) is 0 Å². The minimum atomic E-state index is 0.0450. The monoisotopic (exact) mass is 412 g/mol. The highest BCUT2D eigenvalue weighted by Gasteiger charge is 2.15. The molecule has 164 valence electrons. The van der Waals surface area contributed by atoms with E-state index in [0.29, 0.717) is 18.9 Å². The fourth-order valence-corrected chi connectivity index (χ4v) is 3.33. The van der Waals surface area contributed by atoms with E-state index in [9.17, 15) is 4.79 Å². The molecule has 0 aliphatic heterocycles. The van der Waals surface area contributed by atoms with Crippen molar-refractivity contribution >= 4 is 17.6 Å². The van der Waals surface area contributed by atoms with E-state index in [1.54, 1.807) is 0 Å². The molecule has 0 radical (unpaired) electrons. The van der Waals surface area contributed by atoms with E-state index >= 15 is 0 Å². The zero-order valence-electron chi connectivity index (χ0n) is 19.2. The van der Waals surface area contributed by atoms with Crippen LogP contribution in [0.3, 0.4) is 0 Å². The predicted molar refractivity (Wildman–Crippen MR) is 124 cm³/mol. The Labute approximate surface area is 180 Å². The summed E-state index contributed by atoms with van der Waals surface area (Å²) in [6, 6.07) is 7.88. The van der Waals surface area contributed by atoms with Gasteiger partial charge in [-0.15, -0.1) is 0 Å². The molecule has 0 bridgehead atoms. The second kappa shape index (κ2) is 11.4. The third-order valence-corrected chi connectivity index (χ3v) is 4.69. The number of aryl methyl sites for hydroxylation is 1. The molecular weight excluding hydrogens is 376 g/mol. The number of nitrogens with zero attached hydrogens (tertiary/aromatic N) is 4. The van der Waals surface area contributed by atoms with Gasteiger partial charge in [0.15, 0.2) is 5.96 Å². The highest BCUT2D eigenvalue weighted by atomic mass is 16.1. The molecule has 0 saturated heterocycles. The average molecular weight is 413 g/mol. The summed E-state index contributed by atoms with van der Waals surface area (Å²) in [5, 5.41) is 10.9. The maximum absolute atomic E-state index is 11.9. The molecule has 30 heavy (non-hydrogen) atoms. The van der Waals surface area contributed by atoms with Crippen molar-refractivity contribution in [2.75, 3.05) is 18.9 Å². The van der Waals surface area contributed by atoms with Gasteiger partial charge >= 0.3 is 0 Å². The Morgan fingerprint density at radius 1 is 1.30 bits per heavy atom. The number of nitrogens with one attached hydrogen (secondary N) is 2. The molecule has 2 N–H and O–H groups in total. The average Bonchev–Trinajstić information content (AvgIpc) is 3.06. The van der Waals surface area contributed by atoms with Gasteiger partial charge in [-0.1, -0.05) is 32.9 Å². The summed E-state index contributed by atoms with van der Waals surface area (Å²) in [6.07, 6.45) is 3.45. The molecule has 7 heteroatoms. The van der Waals surface area contributed by atoms with Crippen LogP contribution < -0.4 is 10.6 Å². The van der Waals surface area contributed by atoms with Crippen LogP contribution in [-0.2, 0) is 24.9 Å². The van der Waals surface area contributed by atoms with Gasteiger partial charge in [0, 0.05) is 51.1 Å². The molecular formula is C23H36N6O. The third kappa shape index (κ3) is 6.90. The van der Waals surface area contributed by atoms with Crippen LogP contribution >= 0.6 is 0 Å². The standard InChI is InChI=1S/C23H36N6O/c1-7-10-21(30)26-20-12-9-11-18(13-20)14-25-23(24-8-2)28(5)15-19-16-29(6)27-22(19)17(3)4/h9,11-13,16-17H,7-8,10,14-15H2,1-6H3,(H,24,25)(H,26,30). The first kappa shape index (κ1) is 23.4. The summed E-state index contributed by atoms with van der Waals surface area (Å²) in [5.74, 6) is 1.26. The summed E-state index contributed by atoms with van der Waals surface area (Å²) in [6.45, 7) is 10.5. The Morgan fingerprint density at radius 2 is 2.07 bits per heavy atom. The molecule has 1 heterocycles. The van der Waals surface area contributed by atoms with E-state index in [2.05, 4.69) is 47.6 Å². The summed E-state index contributed by atoms with van der Waals surface area (Å²) in [7, 11) is 4.00. The van der Waals surface area contributed by atoms with E-state index in [0.717, 1.165) is 42.4 Å². The molecule has 0 aliphatic carbocycles. The molecule has 0 atom stereocenters. The van der Waals surface area contributed by atoms with Crippen LogP contribution in [0.4, 0.5) is 5.69 Å². The lowest BCUT2D eigenvalue weighted by molar-refractivity contribution is -0.116. The molecule has 0 spiro atoms. The second-order valence-electron chi connectivity index (χ2n) is 7.89. The van der Waals surface area contributed by atoms with Crippen molar-refractivity contribution in [3.05, 3.63) is 47.3 Å². The van der Waals surface area contributed by atoms with E-state index in [-0.39, 0.29) is 5.91 Å². The van der Waals surface area contributed by atoms with Gasteiger partial charge in [-0.2, -0.15) is 5.10 Å². The number of hydrogen-bond donors (Lipinski definition) is 2. The molecule has 1 amide bonds. The van der Waals surface area contributed by atoms with Crippen molar-refractivity contribution < 1.29 is 4.79 Å². The Morgan fingerprint density at radius 3 is 2.73 bits per heavy atom. The van der Waals surface area contributed by atoms with Crippen molar-refractivity contribution in [3.63, 3.8) is 0 Å². The molecule has 1 aromatic carbocycles. The number of benzene rings is 1. The van der Waals surface area contributed by atoms with E-state index in [1.165, 1.54) is 5.56 Å². The first-order chi connectivity index (χ1) is 14.3. The van der Waals surface area contributed by atoms with Crippen molar-refractivity contribution in [1.82, 2.24) is 20.0 Å².